The van der Waals surface area contributed by atoms with E-state index in [0.717, 1.165) is 26.3 Å². The number of nitrogens with zero attached hydrogens (tertiary/aromatic N) is 2. The zero-order valence-electron chi connectivity index (χ0n) is 13.7. The Balaban J connectivity index is 1.61. The van der Waals surface area contributed by atoms with Gasteiger partial charge in [0.05, 0.1) is 9.48 Å². The van der Waals surface area contributed by atoms with Crippen molar-refractivity contribution in [2.75, 3.05) is 4.72 Å². The van der Waals surface area contributed by atoms with Crippen molar-refractivity contribution >= 4 is 48.6 Å². The van der Waals surface area contributed by atoms with Crippen LogP contribution in [0, 0.1) is 6.92 Å². The van der Waals surface area contributed by atoms with Crippen LogP contribution >= 0.6 is 27.3 Å². The van der Waals surface area contributed by atoms with E-state index in [2.05, 4.69) is 25.6 Å². The van der Waals surface area contributed by atoms with Crippen LogP contribution in [-0.2, 0) is 10.0 Å². The summed E-state index contributed by atoms with van der Waals surface area (Å²) in [6.07, 6.45) is 3.92. The molecule has 0 aliphatic heterocycles. The van der Waals surface area contributed by atoms with Gasteiger partial charge in [-0.25, -0.2) is 13.4 Å². The second-order valence-corrected chi connectivity index (χ2v) is 10.2. The van der Waals surface area contributed by atoms with Crippen molar-refractivity contribution in [3.8, 4) is 11.3 Å². The van der Waals surface area contributed by atoms with Gasteiger partial charge in [-0.2, -0.15) is 0 Å². The number of aromatic nitrogens is 2. The summed E-state index contributed by atoms with van der Waals surface area (Å²) >= 11 is 4.45. The second-order valence-electron chi connectivity index (χ2n) is 5.79. The number of sulfonamides is 1. The first-order valence-electron chi connectivity index (χ1n) is 7.75. The monoisotopic (exact) mass is 447 g/mol. The Hall–Kier alpha value is -2.16. The third-order valence-electron chi connectivity index (χ3n) is 3.92. The first kappa shape index (κ1) is 17.3. The average Bonchev–Trinajstić information content (AvgIpc) is 3.23. The molecule has 3 heterocycles. The number of nitrogens with one attached hydrogen (secondary N) is 1. The number of pyridine rings is 1. The quantitative estimate of drug-likeness (QED) is 0.481. The molecule has 0 aliphatic rings. The van der Waals surface area contributed by atoms with Gasteiger partial charge < -0.3 is 4.40 Å². The highest BCUT2D eigenvalue weighted by Gasteiger charge is 2.16. The molecule has 0 aliphatic carbocycles. The fraction of sp³-hybridized carbons (Fsp3) is 0.0556. The summed E-state index contributed by atoms with van der Waals surface area (Å²) in [6.45, 7) is 2.02. The van der Waals surface area contributed by atoms with Gasteiger partial charge in [-0.15, -0.1) is 11.3 Å². The summed E-state index contributed by atoms with van der Waals surface area (Å²) in [6, 6.07) is 14.5. The Morgan fingerprint density at radius 1 is 1.12 bits per heavy atom. The van der Waals surface area contributed by atoms with Gasteiger partial charge in [0, 0.05) is 23.6 Å². The van der Waals surface area contributed by atoms with E-state index in [4.69, 9.17) is 0 Å². The standard InChI is InChI=1S/C18H14BrN3O2S2/c1-12-3-2-10-22-11-15(20-18(12)22)13-4-6-14(7-5-13)21-26(23,24)17-9-8-16(19)25-17/h2-11,21H,1H3. The average molecular weight is 448 g/mol. The summed E-state index contributed by atoms with van der Waals surface area (Å²) in [5, 5.41) is 0. The van der Waals surface area contributed by atoms with Crippen molar-refractivity contribution in [1.29, 1.82) is 0 Å². The molecular weight excluding hydrogens is 434 g/mol. The number of halogens is 1. The van der Waals surface area contributed by atoms with E-state index in [1.807, 2.05) is 48.0 Å². The number of hydrogen-bond acceptors (Lipinski definition) is 4. The number of fused-ring (bicyclic) bond motifs is 1. The fourth-order valence-electron chi connectivity index (χ4n) is 2.65. The summed E-state index contributed by atoms with van der Waals surface area (Å²) < 4.78 is 30.4. The highest BCUT2D eigenvalue weighted by Crippen LogP contribution is 2.28. The Morgan fingerprint density at radius 3 is 2.54 bits per heavy atom. The van der Waals surface area contributed by atoms with Crippen LogP contribution in [0.25, 0.3) is 16.9 Å². The number of benzene rings is 1. The fourth-order valence-corrected chi connectivity index (χ4v) is 5.72. The molecule has 0 amide bonds. The Labute approximate surface area is 163 Å². The highest BCUT2D eigenvalue weighted by molar-refractivity contribution is 9.11. The number of rotatable bonds is 4. The van der Waals surface area contributed by atoms with Crippen LogP contribution in [-0.4, -0.2) is 17.8 Å². The first-order chi connectivity index (χ1) is 12.4. The molecule has 1 aromatic carbocycles. The molecule has 3 aromatic heterocycles. The summed E-state index contributed by atoms with van der Waals surface area (Å²) in [7, 11) is -3.58. The number of aryl methyl sites for hydroxylation is 1. The van der Waals surface area contributed by atoms with Crippen LogP contribution in [0.5, 0.6) is 0 Å². The molecule has 5 nitrogen and oxygen atoms in total. The molecule has 0 fully saturated rings. The van der Waals surface area contributed by atoms with E-state index >= 15 is 0 Å². The molecule has 26 heavy (non-hydrogen) atoms. The lowest BCUT2D eigenvalue weighted by Gasteiger charge is -2.06. The smallest absolute Gasteiger partial charge is 0.271 e. The second kappa shape index (κ2) is 6.53. The summed E-state index contributed by atoms with van der Waals surface area (Å²) in [4.78, 5) is 4.66. The largest absolute Gasteiger partial charge is 0.306 e. The molecule has 0 atom stereocenters. The van der Waals surface area contributed by atoms with E-state index in [-0.39, 0.29) is 4.21 Å². The molecule has 1 N–H and O–H groups in total. The van der Waals surface area contributed by atoms with Crippen molar-refractivity contribution in [2.24, 2.45) is 0 Å². The summed E-state index contributed by atoms with van der Waals surface area (Å²) in [5.41, 5.74) is 4.30. The topological polar surface area (TPSA) is 63.5 Å². The Morgan fingerprint density at radius 2 is 1.88 bits per heavy atom. The molecule has 0 saturated carbocycles. The van der Waals surface area contributed by atoms with E-state index in [1.165, 1.54) is 11.3 Å². The third-order valence-corrected chi connectivity index (χ3v) is 7.42. The maximum Gasteiger partial charge on any atom is 0.271 e. The Kier molecular flexibility index (Phi) is 4.34. The SMILES string of the molecule is Cc1cccn2cc(-c3ccc(NS(=O)(=O)c4ccc(Br)s4)cc3)nc12. The molecule has 4 aromatic rings. The lowest BCUT2D eigenvalue weighted by molar-refractivity contribution is 0.603. The van der Waals surface area contributed by atoms with Gasteiger partial charge in [-0.05, 0) is 58.7 Å². The lowest BCUT2D eigenvalue weighted by atomic mass is 10.1. The molecule has 132 valence electrons. The zero-order chi connectivity index (χ0) is 18.3. The molecule has 0 spiro atoms. The first-order valence-corrected chi connectivity index (χ1v) is 10.8. The molecule has 8 heteroatoms. The molecule has 0 saturated heterocycles. The minimum Gasteiger partial charge on any atom is -0.306 e. The number of imidazole rings is 1. The predicted octanol–water partition coefficient (Wildman–Crippen LogP) is 4.93. The van der Waals surface area contributed by atoms with Crippen molar-refractivity contribution in [1.82, 2.24) is 9.38 Å². The summed E-state index contributed by atoms with van der Waals surface area (Å²) in [5.74, 6) is 0. The van der Waals surface area contributed by atoms with Gasteiger partial charge in [-0.1, -0.05) is 18.2 Å². The van der Waals surface area contributed by atoms with Gasteiger partial charge in [0.25, 0.3) is 10.0 Å². The van der Waals surface area contributed by atoms with E-state index in [1.54, 1.807) is 24.3 Å². The minimum atomic E-state index is -3.58. The van der Waals surface area contributed by atoms with E-state index in [9.17, 15) is 8.42 Å². The van der Waals surface area contributed by atoms with Gasteiger partial charge in [0.2, 0.25) is 0 Å². The van der Waals surface area contributed by atoms with Gasteiger partial charge in [0.1, 0.15) is 9.86 Å². The maximum atomic E-state index is 12.4. The molecule has 0 unspecified atom stereocenters. The van der Waals surface area contributed by atoms with Crippen molar-refractivity contribution in [3.63, 3.8) is 0 Å². The maximum absolute atomic E-state index is 12.4. The minimum absolute atomic E-state index is 0.268. The highest BCUT2D eigenvalue weighted by atomic mass is 79.9. The van der Waals surface area contributed by atoms with Crippen LogP contribution in [0.15, 0.2) is 68.9 Å². The van der Waals surface area contributed by atoms with Crippen LogP contribution in [0.4, 0.5) is 5.69 Å². The van der Waals surface area contributed by atoms with Crippen molar-refractivity contribution in [2.45, 2.75) is 11.1 Å². The van der Waals surface area contributed by atoms with Crippen molar-refractivity contribution in [3.05, 3.63) is 70.3 Å². The molecule has 0 radical (unpaired) electrons. The van der Waals surface area contributed by atoms with Crippen LogP contribution in [0.3, 0.4) is 0 Å². The number of thiophene rings is 1. The molecular formula is C18H14BrN3O2S2. The van der Waals surface area contributed by atoms with E-state index in [0.29, 0.717) is 5.69 Å². The number of hydrogen-bond donors (Lipinski definition) is 1. The van der Waals surface area contributed by atoms with Gasteiger partial charge in [-0.3, -0.25) is 4.72 Å². The van der Waals surface area contributed by atoms with Crippen LogP contribution < -0.4 is 4.72 Å². The van der Waals surface area contributed by atoms with Crippen LogP contribution in [0.2, 0.25) is 0 Å². The molecule has 4 rings (SSSR count). The molecule has 0 bridgehead atoms. The van der Waals surface area contributed by atoms with Crippen molar-refractivity contribution < 1.29 is 8.42 Å². The lowest BCUT2D eigenvalue weighted by Crippen LogP contribution is -2.11. The predicted molar refractivity (Wildman–Crippen MR) is 108 cm³/mol. The van der Waals surface area contributed by atoms with Crippen LogP contribution in [0.1, 0.15) is 5.56 Å². The van der Waals surface area contributed by atoms with Gasteiger partial charge in [0.15, 0.2) is 0 Å². The van der Waals surface area contributed by atoms with Gasteiger partial charge >= 0.3 is 0 Å². The number of anilines is 1. The van der Waals surface area contributed by atoms with E-state index < -0.39 is 10.0 Å². The Bertz CT molecular complexity index is 1190. The normalized spacial score (nSPS) is 11.8. The zero-order valence-corrected chi connectivity index (χ0v) is 16.9. The third kappa shape index (κ3) is 3.27.